The van der Waals surface area contributed by atoms with Crippen molar-refractivity contribution in [3.8, 4) is 11.1 Å². The number of aryl methyl sites for hydroxylation is 1. The van der Waals surface area contributed by atoms with Crippen molar-refractivity contribution in [2.24, 2.45) is 5.92 Å². The summed E-state index contributed by atoms with van der Waals surface area (Å²) in [4.78, 5) is 0. The third-order valence-electron chi connectivity index (χ3n) is 5.37. The minimum Gasteiger partial charge on any atom is -0.313 e. The van der Waals surface area contributed by atoms with Gasteiger partial charge in [-0.3, -0.25) is 0 Å². The van der Waals surface area contributed by atoms with Crippen LogP contribution in [-0.4, -0.2) is 12.6 Å². The van der Waals surface area contributed by atoms with Gasteiger partial charge in [0.05, 0.1) is 0 Å². The Morgan fingerprint density at radius 2 is 1.83 bits per heavy atom. The van der Waals surface area contributed by atoms with Gasteiger partial charge in [0.2, 0.25) is 0 Å². The Morgan fingerprint density at radius 1 is 1.00 bits per heavy atom. The summed E-state index contributed by atoms with van der Waals surface area (Å²) in [5.74, 6) is 1.81. The van der Waals surface area contributed by atoms with Crippen molar-refractivity contribution in [1.82, 2.24) is 5.32 Å². The zero-order valence-corrected chi connectivity index (χ0v) is 14.1. The zero-order valence-electron chi connectivity index (χ0n) is 14.1. The first-order valence-corrected chi connectivity index (χ1v) is 9.20. The normalized spacial score (nSPS) is 23.0. The van der Waals surface area contributed by atoms with E-state index < -0.39 is 0 Å². The molecule has 4 rings (SSSR count). The molecule has 0 heterocycles. The van der Waals surface area contributed by atoms with E-state index in [0.717, 1.165) is 17.9 Å². The minimum atomic E-state index is 0.721. The second kappa shape index (κ2) is 6.49. The van der Waals surface area contributed by atoms with Crippen molar-refractivity contribution >= 4 is 0 Å². The minimum absolute atomic E-state index is 0.721. The van der Waals surface area contributed by atoms with Gasteiger partial charge in [-0.2, -0.15) is 0 Å². The highest BCUT2D eigenvalue weighted by Gasteiger charge is 2.37. The first kappa shape index (κ1) is 15.0. The largest absolute Gasteiger partial charge is 0.313 e. The van der Waals surface area contributed by atoms with Crippen LogP contribution in [0.5, 0.6) is 0 Å². The van der Waals surface area contributed by atoms with Crippen LogP contribution in [0.1, 0.15) is 49.1 Å². The first-order chi connectivity index (χ1) is 11.3. The summed E-state index contributed by atoms with van der Waals surface area (Å²) in [5.41, 5.74) is 5.47. The molecule has 23 heavy (non-hydrogen) atoms. The average molecular weight is 305 g/mol. The fraction of sp³-hybridized carbons (Fsp3) is 0.455. The van der Waals surface area contributed by atoms with Crippen LogP contribution in [0.2, 0.25) is 0 Å². The highest BCUT2D eigenvalue weighted by atomic mass is 15.0. The maximum atomic E-state index is 3.74. The monoisotopic (exact) mass is 305 g/mol. The Bertz CT molecular complexity index is 654. The number of rotatable bonds is 7. The van der Waals surface area contributed by atoms with Crippen LogP contribution < -0.4 is 5.32 Å². The Balaban J connectivity index is 1.30. The number of hydrogen-bond acceptors (Lipinski definition) is 1. The Labute approximate surface area is 140 Å². The summed E-state index contributed by atoms with van der Waals surface area (Å²) in [6.07, 6.45) is 7.08. The van der Waals surface area contributed by atoms with Gasteiger partial charge in [0.25, 0.3) is 0 Å². The lowest BCUT2D eigenvalue weighted by atomic mass is 10.0. The van der Waals surface area contributed by atoms with Crippen LogP contribution in [-0.2, 0) is 0 Å². The maximum Gasteiger partial charge on any atom is 0.0143 e. The van der Waals surface area contributed by atoms with E-state index in [-0.39, 0.29) is 0 Å². The van der Waals surface area contributed by atoms with Gasteiger partial charge in [-0.1, -0.05) is 66.9 Å². The molecule has 2 fully saturated rings. The topological polar surface area (TPSA) is 12.0 Å². The first-order valence-electron chi connectivity index (χ1n) is 9.20. The van der Waals surface area contributed by atoms with E-state index in [2.05, 4.69) is 60.8 Å². The van der Waals surface area contributed by atoms with Crippen molar-refractivity contribution in [3.05, 3.63) is 59.7 Å². The van der Waals surface area contributed by atoms with Crippen molar-refractivity contribution < 1.29 is 0 Å². The molecule has 1 nitrogen and oxygen atoms in total. The van der Waals surface area contributed by atoms with Gasteiger partial charge in [0.15, 0.2) is 0 Å². The molecule has 0 spiro atoms. The lowest BCUT2D eigenvalue weighted by Crippen LogP contribution is -2.19. The summed E-state index contributed by atoms with van der Waals surface area (Å²) >= 11 is 0. The molecule has 1 N–H and O–H groups in total. The molecule has 2 saturated carbocycles. The Hall–Kier alpha value is -1.60. The van der Waals surface area contributed by atoms with Crippen LogP contribution in [0.4, 0.5) is 0 Å². The van der Waals surface area contributed by atoms with Crippen LogP contribution in [0.3, 0.4) is 0 Å². The zero-order chi connectivity index (χ0) is 15.6. The molecular formula is C22H27N. The third kappa shape index (κ3) is 3.84. The van der Waals surface area contributed by atoms with E-state index >= 15 is 0 Å². The lowest BCUT2D eigenvalue weighted by Gasteiger charge is -2.06. The average Bonchev–Trinajstić information content (AvgIpc) is 3.47. The van der Waals surface area contributed by atoms with E-state index in [9.17, 15) is 0 Å². The van der Waals surface area contributed by atoms with Gasteiger partial charge in [-0.25, -0.2) is 0 Å². The molecule has 0 bridgehead atoms. The lowest BCUT2D eigenvalue weighted by molar-refractivity contribution is 0.586. The Kier molecular flexibility index (Phi) is 4.22. The predicted octanol–water partition coefficient (Wildman–Crippen LogP) is 5.30. The molecule has 2 aliphatic rings. The van der Waals surface area contributed by atoms with Crippen LogP contribution in [0, 0.1) is 12.8 Å². The molecule has 1 unspecified atom stereocenters. The second-order valence-corrected chi connectivity index (χ2v) is 7.48. The molecular weight excluding hydrogens is 278 g/mol. The summed E-state index contributed by atoms with van der Waals surface area (Å²) < 4.78 is 0. The van der Waals surface area contributed by atoms with Gasteiger partial charge in [-0.05, 0) is 55.3 Å². The van der Waals surface area contributed by atoms with E-state index in [0.29, 0.717) is 0 Å². The number of nitrogens with one attached hydrogen (secondary N) is 1. The van der Waals surface area contributed by atoms with Crippen molar-refractivity contribution in [3.63, 3.8) is 0 Å². The molecule has 0 saturated heterocycles. The van der Waals surface area contributed by atoms with E-state index in [1.807, 2.05) is 0 Å². The fourth-order valence-corrected chi connectivity index (χ4v) is 3.62. The molecule has 0 amide bonds. The van der Waals surface area contributed by atoms with Gasteiger partial charge < -0.3 is 5.32 Å². The smallest absolute Gasteiger partial charge is 0.0143 e. The van der Waals surface area contributed by atoms with Gasteiger partial charge in [-0.15, -0.1) is 0 Å². The van der Waals surface area contributed by atoms with Crippen LogP contribution >= 0.6 is 0 Å². The third-order valence-corrected chi connectivity index (χ3v) is 5.37. The second-order valence-electron chi connectivity index (χ2n) is 7.48. The summed E-state index contributed by atoms with van der Waals surface area (Å²) in [6, 6.07) is 18.7. The SMILES string of the molecule is Cc1cccc(-c2ccc(C3C[C@@H]3NCCCC3CC3)cc2)c1. The van der Waals surface area contributed by atoms with Crippen LogP contribution in [0.25, 0.3) is 11.1 Å². The molecule has 2 atom stereocenters. The number of benzene rings is 2. The van der Waals surface area contributed by atoms with Crippen molar-refractivity contribution in [2.45, 2.75) is 51.0 Å². The highest BCUT2D eigenvalue weighted by molar-refractivity contribution is 5.64. The quantitative estimate of drug-likeness (QED) is 0.685. The van der Waals surface area contributed by atoms with Crippen LogP contribution in [0.15, 0.2) is 48.5 Å². The molecule has 0 aliphatic heterocycles. The molecule has 2 aromatic rings. The summed E-state index contributed by atoms with van der Waals surface area (Å²) in [7, 11) is 0. The molecule has 0 aromatic heterocycles. The van der Waals surface area contributed by atoms with E-state index in [4.69, 9.17) is 0 Å². The predicted molar refractivity (Wildman–Crippen MR) is 97.7 cm³/mol. The highest BCUT2D eigenvalue weighted by Crippen LogP contribution is 2.41. The van der Waals surface area contributed by atoms with E-state index in [1.54, 1.807) is 0 Å². The molecule has 0 radical (unpaired) electrons. The molecule has 1 heteroatoms. The summed E-state index contributed by atoms with van der Waals surface area (Å²) in [5, 5.41) is 3.74. The van der Waals surface area contributed by atoms with Crippen molar-refractivity contribution in [1.29, 1.82) is 0 Å². The van der Waals surface area contributed by atoms with E-state index in [1.165, 1.54) is 60.9 Å². The van der Waals surface area contributed by atoms with Gasteiger partial charge in [0, 0.05) is 12.0 Å². The fourth-order valence-electron chi connectivity index (χ4n) is 3.62. The maximum absolute atomic E-state index is 3.74. The Morgan fingerprint density at radius 3 is 2.57 bits per heavy atom. The van der Waals surface area contributed by atoms with Crippen molar-refractivity contribution in [2.75, 3.05) is 6.54 Å². The molecule has 2 aliphatic carbocycles. The molecule has 120 valence electrons. The van der Waals surface area contributed by atoms with Gasteiger partial charge >= 0.3 is 0 Å². The van der Waals surface area contributed by atoms with Gasteiger partial charge in [0.1, 0.15) is 0 Å². The standard InChI is InChI=1S/C22H27N/c1-16-4-2-6-20(14-16)18-9-11-19(12-10-18)21-15-22(21)23-13-3-5-17-7-8-17/h2,4,6,9-12,14,17,21-23H,3,5,7-8,13,15H2,1H3/t21?,22-/m0/s1. The number of hydrogen-bond donors (Lipinski definition) is 1. The molecule has 2 aromatic carbocycles. The summed E-state index contributed by atoms with van der Waals surface area (Å²) in [6.45, 7) is 3.36.